The third-order valence-corrected chi connectivity index (χ3v) is 3.80. The summed E-state index contributed by atoms with van der Waals surface area (Å²) in [5.74, 6) is 1.12. The number of ether oxygens (including phenoxy) is 4. The summed E-state index contributed by atoms with van der Waals surface area (Å²) in [5, 5.41) is 8.86. The molecule has 0 saturated heterocycles. The molecule has 7 nitrogen and oxygen atoms in total. The number of hydrogen-bond donors (Lipinski definition) is 1. The van der Waals surface area contributed by atoms with Crippen molar-refractivity contribution in [1.82, 2.24) is 0 Å². The Morgan fingerprint density at radius 3 is 2.85 bits per heavy atom. The Labute approximate surface area is 156 Å². The van der Waals surface area contributed by atoms with Crippen LogP contribution >= 0.6 is 0 Å². The van der Waals surface area contributed by atoms with E-state index in [9.17, 15) is 4.79 Å². The summed E-state index contributed by atoms with van der Waals surface area (Å²) >= 11 is 0. The number of carboxylic acid groups (broad SMARTS) is 1. The number of carbonyl (C=O) groups is 1. The number of methoxy groups -OCH3 is 1. The van der Waals surface area contributed by atoms with E-state index in [0.717, 1.165) is 16.8 Å². The van der Waals surface area contributed by atoms with Gasteiger partial charge >= 0.3 is 5.97 Å². The Balaban J connectivity index is 1.89. The predicted octanol–water partition coefficient (Wildman–Crippen LogP) is 3.37. The zero-order valence-corrected chi connectivity index (χ0v) is 14.8. The fourth-order valence-electron chi connectivity index (χ4n) is 2.63. The van der Waals surface area contributed by atoms with E-state index < -0.39 is 12.6 Å². The number of benzene rings is 2. The summed E-state index contributed by atoms with van der Waals surface area (Å²) in [5.41, 5.74) is 2.26. The molecule has 1 aliphatic rings. The van der Waals surface area contributed by atoms with Crippen LogP contribution in [-0.2, 0) is 11.2 Å². The smallest absolute Gasteiger partial charge is 0.341 e. The molecular formula is C20H19NO6. The number of carboxylic acids is 1. The third kappa shape index (κ3) is 4.38. The number of fused-ring (bicyclic) bond motifs is 1. The lowest BCUT2D eigenvalue weighted by Crippen LogP contribution is -2.11. The highest BCUT2D eigenvalue weighted by Gasteiger charge is 2.15. The molecule has 0 spiro atoms. The molecule has 1 aliphatic heterocycles. The molecule has 0 aliphatic carbocycles. The molecule has 1 N–H and O–H groups in total. The number of aliphatic imine (C=N–C) groups is 1. The van der Waals surface area contributed by atoms with E-state index in [1.165, 1.54) is 7.11 Å². The minimum Gasteiger partial charge on any atom is -0.493 e. The van der Waals surface area contributed by atoms with Gasteiger partial charge in [0.25, 0.3) is 0 Å². The molecule has 0 amide bonds. The SMILES string of the molecule is C=CCc1cc(C=Nc2ccc3c(c2)OCO3)cc(OC)c1OCC(=O)O. The topological polar surface area (TPSA) is 86.6 Å². The molecule has 140 valence electrons. The summed E-state index contributed by atoms with van der Waals surface area (Å²) in [7, 11) is 1.50. The van der Waals surface area contributed by atoms with Crippen LogP contribution in [0.1, 0.15) is 11.1 Å². The van der Waals surface area contributed by atoms with Crippen molar-refractivity contribution in [3.8, 4) is 23.0 Å². The summed E-state index contributed by atoms with van der Waals surface area (Å²) in [4.78, 5) is 15.3. The lowest BCUT2D eigenvalue weighted by Gasteiger charge is -2.14. The maximum absolute atomic E-state index is 10.8. The Hall–Kier alpha value is -3.48. The van der Waals surface area contributed by atoms with Gasteiger partial charge in [-0.25, -0.2) is 4.79 Å². The van der Waals surface area contributed by atoms with Crippen molar-refractivity contribution < 1.29 is 28.8 Å². The van der Waals surface area contributed by atoms with Crippen LogP contribution in [0.4, 0.5) is 5.69 Å². The van der Waals surface area contributed by atoms with Crippen LogP contribution in [0.5, 0.6) is 23.0 Å². The standard InChI is InChI=1S/C20H19NO6/c1-3-4-14-7-13(8-18(24-2)20(14)25-11-19(22)23)10-21-15-5-6-16-17(9-15)27-12-26-16/h3,5-10H,1,4,11-12H2,2H3,(H,22,23). The largest absolute Gasteiger partial charge is 0.493 e. The van der Waals surface area contributed by atoms with E-state index >= 15 is 0 Å². The van der Waals surface area contributed by atoms with Crippen molar-refractivity contribution >= 4 is 17.9 Å². The van der Waals surface area contributed by atoms with Crippen LogP contribution in [0.25, 0.3) is 0 Å². The maximum Gasteiger partial charge on any atom is 0.341 e. The second-order valence-electron chi connectivity index (χ2n) is 5.68. The Morgan fingerprint density at radius 2 is 2.11 bits per heavy atom. The van der Waals surface area contributed by atoms with Crippen molar-refractivity contribution in [2.75, 3.05) is 20.5 Å². The van der Waals surface area contributed by atoms with Crippen molar-refractivity contribution in [1.29, 1.82) is 0 Å². The average Bonchev–Trinajstić information content (AvgIpc) is 3.13. The Kier molecular flexibility index (Phi) is 5.61. The summed E-state index contributed by atoms with van der Waals surface area (Å²) in [6.07, 6.45) is 3.89. The summed E-state index contributed by atoms with van der Waals surface area (Å²) in [6, 6.07) is 9.03. The van der Waals surface area contributed by atoms with E-state index in [1.54, 1.807) is 24.4 Å². The molecule has 0 atom stereocenters. The van der Waals surface area contributed by atoms with Crippen LogP contribution in [-0.4, -0.2) is 37.8 Å². The van der Waals surface area contributed by atoms with Gasteiger partial charge in [-0.05, 0) is 36.2 Å². The van der Waals surface area contributed by atoms with Crippen LogP contribution in [0, 0.1) is 0 Å². The zero-order chi connectivity index (χ0) is 19.2. The molecule has 0 bridgehead atoms. The van der Waals surface area contributed by atoms with E-state index in [4.69, 9.17) is 24.1 Å². The molecule has 7 heteroatoms. The fourth-order valence-corrected chi connectivity index (χ4v) is 2.63. The quantitative estimate of drug-likeness (QED) is 0.567. The third-order valence-electron chi connectivity index (χ3n) is 3.80. The van der Waals surface area contributed by atoms with Gasteiger partial charge in [0.05, 0.1) is 12.8 Å². The molecule has 2 aromatic carbocycles. The second kappa shape index (κ2) is 8.27. The molecule has 2 aromatic rings. The van der Waals surface area contributed by atoms with Gasteiger partial charge in [-0.1, -0.05) is 6.08 Å². The van der Waals surface area contributed by atoms with Gasteiger partial charge in [0.15, 0.2) is 29.6 Å². The van der Waals surface area contributed by atoms with E-state index in [1.807, 2.05) is 18.2 Å². The number of hydrogen-bond acceptors (Lipinski definition) is 6. The van der Waals surface area contributed by atoms with Gasteiger partial charge in [0.2, 0.25) is 6.79 Å². The van der Waals surface area contributed by atoms with Gasteiger partial charge in [0.1, 0.15) is 0 Å². The first kappa shape index (κ1) is 18.3. The first-order valence-electron chi connectivity index (χ1n) is 8.21. The molecule has 0 unspecified atom stereocenters. The number of rotatable bonds is 8. The first-order valence-corrected chi connectivity index (χ1v) is 8.21. The fraction of sp³-hybridized carbons (Fsp3) is 0.200. The molecule has 0 fully saturated rings. The van der Waals surface area contributed by atoms with E-state index in [-0.39, 0.29) is 6.79 Å². The number of allylic oxidation sites excluding steroid dienone is 1. The van der Waals surface area contributed by atoms with Crippen LogP contribution < -0.4 is 18.9 Å². The summed E-state index contributed by atoms with van der Waals surface area (Å²) in [6.45, 7) is 3.49. The first-order chi connectivity index (χ1) is 13.1. The van der Waals surface area contributed by atoms with Gasteiger partial charge in [-0.15, -0.1) is 6.58 Å². The number of nitrogens with zero attached hydrogens (tertiary/aromatic N) is 1. The lowest BCUT2D eigenvalue weighted by molar-refractivity contribution is -0.139. The van der Waals surface area contributed by atoms with Crippen molar-refractivity contribution in [3.63, 3.8) is 0 Å². The summed E-state index contributed by atoms with van der Waals surface area (Å²) < 4.78 is 21.4. The minimum absolute atomic E-state index is 0.211. The van der Waals surface area contributed by atoms with Gasteiger partial charge in [-0.3, -0.25) is 4.99 Å². The van der Waals surface area contributed by atoms with Crippen LogP contribution in [0.2, 0.25) is 0 Å². The number of aliphatic carboxylic acids is 1. The zero-order valence-electron chi connectivity index (χ0n) is 14.8. The lowest BCUT2D eigenvalue weighted by atomic mass is 10.1. The van der Waals surface area contributed by atoms with Crippen LogP contribution in [0.15, 0.2) is 48.0 Å². The van der Waals surface area contributed by atoms with Crippen LogP contribution in [0.3, 0.4) is 0 Å². The average molecular weight is 369 g/mol. The molecular weight excluding hydrogens is 350 g/mol. The van der Waals surface area contributed by atoms with Gasteiger partial charge in [-0.2, -0.15) is 0 Å². The Morgan fingerprint density at radius 1 is 1.30 bits per heavy atom. The molecule has 0 saturated carbocycles. The van der Waals surface area contributed by atoms with Crippen molar-refractivity contribution in [2.45, 2.75) is 6.42 Å². The highest BCUT2D eigenvalue weighted by molar-refractivity contribution is 5.84. The minimum atomic E-state index is -1.06. The molecule has 0 aromatic heterocycles. The molecule has 3 rings (SSSR count). The maximum atomic E-state index is 10.8. The molecule has 0 radical (unpaired) electrons. The molecule has 1 heterocycles. The predicted molar refractivity (Wildman–Crippen MR) is 99.8 cm³/mol. The highest BCUT2D eigenvalue weighted by atomic mass is 16.7. The van der Waals surface area contributed by atoms with E-state index in [2.05, 4.69) is 11.6 Å². The normalized spacial score (nSPS) is 12.2. The van der Waals surface area contributed by atoms with Gasteiger partial charge < -0.3 is 24.1 Å². The van der Waals surface area contributed by atoms with Gasteiger partial charge in [0, 0.05) is 17.8 Å². The highest BCUT2D eigenvalue weighted by Crippen LogP contribution is 2.36. The molecule has 27 heavy (non-hydrogen) atoms. The van der Waals surface area contributed by atoms with E-state index in [0.29, 0.717) is 29.4 Å². The Bertz CT molecular complexity index is 890. The second-order valence-corrected chi connectivity index (χ2v) is 5.68. The van der Waals surface area contributed by atoms with Crippen molar-refractivity contribution in [3.05, 3.63) is 54.1 Å². The monoisotopic (exact) mass is 369 g/mol. The van der Waals surface area contributed by atoms with Crippen molar-refractivity contribution in [2.24, 2.45) is 4.99 Å².